The summed E-state index contributed by atoms with van der Waals surface area (Å²) in [5.41, 5.74) is 6.65. The molecule has 0 aromatic heterocycles. The zero-order valence-corrected chi connectivity index (χ0v) is 18.5. The Labute approximate surface area is 183 Å². The maximum Gasteiger partial charge on any atom is 0.408 e. The standard InChI is InChI=1S/C24H31N3O4/c1-24(2,3)31-23(30)26-19(15-17-11-7-5-8-12-17)22(29)27(4)20(21(25)28)16-18-13-9-6-10-14-18/h5-14,19-20H,15-16H2,1-4H3,(H2,25,28)(H,26,30)/t19-,20?/m0/s1. The van der Waals surface area contributed by atoms with Crippen LogP contribution in [0.3, 0.4) is 0 Å². The third-order valence-corrected chi connectivity index (χ3v) is 4.69. The Morgan fingerprint density at radius 3 is 1.87 bits per heavy atom. The Morgan fingerprint density at radius 1 is 0.935 bits per heavy atom. The molecular weight excluding hydrogens is 394 g/mol. The number of amides is 3. The normalized spacial score (nSPS) is 13.0. The van der Waals surface area contributed by atoms with Gasteiger partial charge in [0, 0.05) is 19.9 Å². The Balaban J connectivity index is 2.23. The second kappa shape index (κ2) is 10.6. The molecule has 2 aromatic carbocycles. The first-order valence-electron chi connectivity index (χ1n) is 10.2. The molecule has 166 valence electrons. The second-order valence-corrected chi connectivity index (χ2v) is 8.45. The van der Waals surface area contributed by atoms with Crippen LogP contribution in [0, 0.1) is 0 Å². The number of nitrogens with zero attached hydrogens (tertiary/aromatic N) is 1. The molecule has 7 heteroatoms. The number of carbonyl (C=O) groups excluding carboxylic acids is 3. The topological polar surface area (TPSA) is 102 Å². The van der Waals surface area contributed by atoms with Gasteiger partial charge in [-0.3, -0.25) is 9.59 Å². The maximum atomic E-state index is 13.3. The van der Waals surface area contributed by atoms with Crippen LogP contribution >= 0.6 is 0 Å². The summed E-state index contributed by atoms with van der Waals surface area (Å²) >= 11 is 0. The molecular formula is C24H31N3O4. The van der Waals surface area contributed by atoms with E-state index in [-0.39, 0.29) is 12.8 Å². The van der Waals surface area contributed by atoms with Crippen LogP contribution < -0.4 is 11.1 Å². The van der Waals surface area contributed by atoms with E-state index < -0.39 is 35.6 Å². The SMILES string of the molecule is CN(C(=O)[C@H](Cc1ccccc1)NC(=O)OC(C)(C)C)C(Cc1ccccc1)C(N)=O. The third kappa shape index (κ3) is 7.77. The zero-order chi connectivity index (χ0) is 23.0. The van der Waals surface area contributed by atoms with Gasteiger partial charge in [0.25, 0.3) is 0 Å². The fourth-order valence-corrected chi connectivity index (χ4v) is 3.16. The minimum atomic E-state index is -0.917. The molecule has 0 aliphatic heterocycles. The summed E-state index contributed by atoms with van der Waals surface area (Å²) < 4.78 is 5.33. The van der Waals surface area contributed by atoms with Gasteiger partial charge in [0.05, 0.1) is 0 Å². The Hall–Kier alpha value is -3.35. The third-order valence-electron chi connectivity index (χ3n) is 4.69. The van der Waals surface area contributed by atoms with Gasteiger partial charge in [0.1, 0.15) is 17.7 Å². The quantitative estimate of drug-likeness (QED) is 0.679. The van der Waals surface area contributed by atoms with Crippen LogP contribution in [0.4, 0.5) is 4.79 Å². The summed E-state index contributed by atoms with van der Waals surface area (Å²) in [4.78, 5) is 39.2. The van der Waals surface area contributed by atoms with E-state index in [1.807, 2.05) is 60.7 Å². The Kier molecular flexibility index (Phi) is 8.19. The van der Waals surface area contributed by atoms with Gasteiger partial charge in [-0.05, 0) is 31.9 Å². The minimum absolute atomic E-state index is 0.250. The van der Waals surface area contributed by atoms with Crippen molar-refractivity contribution < 1.29 is 19.1 Å². The molecule has 3 N–H and O–H groups in total. The van der Waals surface area contributed by atoms with Gasteiger partial charge < -0.3 is 20.7 Å². The molecule has 31 heavy (non-hydrogen) atoms. The lowest BCUT2D eigenvalue weighted by Gasteiger charge is -2.30. The largest absolute Gasteiger partial charge is 0.444 e. The molecule has 0 saturated carbocycles. The highest BCUT2D eigenvalue weighted by Gasteiger charge is 2.32. The summed E-state index contributed by atoms with van der Waals surface area (Å²) in [6, 6.07) is 16.9. The van der Waals surface area contributed by atoms with Crippen molar-refractivity contribution in [3.63, 3.8) is 0 Å². The van der Waals surface area contributed by atoms with Crippen LogP contribution in [0.1, 0.15) is 31.9 Å². The van der Waals surface area contributed by atoms with Crippen LogP contribution in [-0.4, -0.2) is 47.5 Å². The lowest BCUT2D eigenvalue weighted by atomic mass is 10.0. The molecule has 1 unspecified atom stereocenters. The lowest BCUT2D eigenvalue weighted by Crippen LogP contribution is -2.55. The summed E-state index contributed by atoms with van der Waals surface area (Å²) in [7, 11) is 1.52. The van der Waals surface area contributed by atoms with E-state index in [1.165, 1.54) is 11.9 Å². The molecule has 3 amide bonds. The van der Waals surface area contributed by atoms with Gasteiger partial charge in [0.15, 0.2) is 0 Å². The lowest BCUT2D eigenvalue weighted by molar-refractivity contribution is -0.139. The van der Waals surface area contributed by atoms with Gasteiger partial charge in [0.2, 0.25) is 11.8 Å². The summed E-state index contributed by atoms with van der Waals surface area (Å²) in [6.07, 6.45) is -0.169. The average Bonchev–Trinajstić information content (AvgIpc) is 2.70. The molecule has 0 aliphatic rings. The number of nitrogens with two attached hydrogens (primary N) is 1. The Bertz CT molecular complexity index is 879. The number of alkyl carbamates (subject to hydrolysis) is 1. The van der Waals surface area contributed by atoms with Crippen molar-refractivity contribution in [2.45, 2.75) is 51.3 Å². The number of hydrogen-bond acceptors (Lipinski definition) is 4. The summed E-state index contributed by atoms with van der Waals surface area (Å²) in [5, 5.41) is 2.66. The van der Waals surface area contributed by atoms with Crippen LogP contribution in [-0.2, 0) is 27.2 Å². The smallest absolute Gasteiger partial charge is 0.408 e. The van der Waals surface area contributed by atoms with Crippen molar-refractivity contribution in [2.24, 2.45) is 5.73 Å². The van der Waals surface area contributed by atoms with Crippen molar-refractivity contribution in [1.82, 2.24) is 10.2 Å². The minimum Gasteiger partial charge on any atom is -0.444 e. The van der Waals surface area contributed by atoms with E-state index in [4.69, 9.17) is 10.5 Å². The fourth-order valence-electron chi connectivity index (χ4n) is 3.16. The van der Waals surface area contributed by atoms with Crippen molar-refractivity contribution in [3.8, 4) is 0 Å². The number of rotatable bonds is 8. The number of benzene rings is 2. The van der Waals surface area contributed by atoms with Gasteiger partial charge >= 0.3 is 6.09 Å². The number of hydrogen-bond donors (Lipinski definition) is 2. The molecule has 0 saturated heterocycles. The van der Waals surface area contributed by atoms with Crippen LogP contribution in [0.15, 0.2) is 60.7 Å². The molecule has 0 bridgehead atoms. The molecule has 0 heterocycles. The molecule has 2 atom stereocenters. The highest BCUT2D eigenvalue weighted by atomic mass is 16.6. The van der Waals surface area contributed by atoms with Gasteiger partial charge in [-0.25, -0.2) is 4.79 Å². The molecule has 7 nitrogen and oxygen atoms in total. The summed E-state index contributed by atoms with van der Waals surface area (Å²) in [5.74, 6) is -1.04. The first kappa shape index (κ1) is 23.9. The average molecular weight is 426 g/mol. The van der Waals surface area contributed by atoms with Crippen molar-refractivity contribution in [2.75, 3.05) is 7.05 Å². The van der Waals surface area contributed by atoms with E-state index in [0.29, 0.717) is 0 Å². The van der Waals surface area contributed by atoms with Crippen LogP contribution in [0.25, 0.3) is 0 Å². The highest BCUT2D eigenvalue weighted by molar-refractivity contribution is 5.91. The van der Waals surface area contributed by atoms with Crippen LogP contribution in [0.5, 0.6) is 0 Å². The fraction of sp³-hybridized carbons (Fsp3) is 0.375. The second-order valence-electron chi connectivity index (χ2n) is 8.45. The van der Waals surface area contributed by atoms with E-state index in [9.17, 15) is 14.4 Å². The molecule has 0 spiro atoms. The summed E-state index contributed by atoms with van der Waals surface area (Å²) in [6.45, 7) is 5.24. The number of ether oxygens (including phenoxy) is 1. The first-order chi connectivity index (χ1) is 14.6. The molecule has 0 aliphatic carbocycles. The van der Waals surface area contributed by atoms with Gasteiger partial charge in [-0.2, -0.15) is 0 Å². The number of carbonyl (C=O) groups is 3. The number of likely N-dealkylation sites (N-methyl/N-ethyl adjacent to an activating group) is 1. The Morgan fingerprint density at radius 2 is 1.42 bits per heavy atom. The van der Waals surface area contributed by atoms with E-state index in [0.717, 1.165) is 11.1 Å². The molecule has 2 aromatic rings. The van der Waals surface area contributed by atoms with Crippen molar-refractivity contribution in [3.05, 3.63) is 71.8 Å². The number of nitrogens with one attached hydrogen (secondary N) is 1. The van der Waals surface area contributed by atoms with Gasteiger partial charge in [-0.15, -0.1) is 0 Å². The number of primary amides is 1. The maximum absolute atomic E-state index is 13.3. The van der Waals surface area contributed by atoms with E-state index >= 15 is 0 Å². The van der Waals surface area contributed by atoms with E-state index in [2.05, 4.69) is 5.32 Å². The molecule has 2 rings (SSSR count). The predicted octanol–water partition coefficient (Wildman–Crippen LogP) is 2.68. The molecule has 0 fully saturated rings. The van der Waals surface area contributed by atoms with E-state index in [1.54, 1.807) is 20.8 Å². The van der Waals surface area contributed by atoms with Crippen molar-refractivity contribution >= 4 is 17.9 Å². The first-order valence-corrected chi connectivity index (χ1v) is 10.2. The monoisotopic (exact) mass is 425 g/mol. The highest BCUT2D eigenvalue weighted by Crippen LogP contribution is 2.13. The zero-order valence-electron chi connectivity index (χ0n) is 18.5. The molecule has 0 radical (unpaired) electrons. The van der Waals surface area contributed by atoms with Gasteiger partial charge in [-0.1, -0.05) is 60.7 Å². The predicted molar refractivity (Wildman–Crippen MR) is 119 cm³/mol. The van der Waals surface area contributed by atoms with Crippen LogP contribution in [0.2, 0.25) is 0 Å². The van der Waals surface area contributed by atoms with Crippen molar-refractivity contribution in [1.29, 1.82) is 0 Å².